The van der Waals surface area contributed by atoms with Crippen LogP contribution in [0.4, 0.5) is 15.1 Å². The summed E-state index contributed by atoms with van der Waals surface area (Å²) in [6, 6.07) is 13.7. The zero-order valence-corrected chi connectivity index (χ0v) is 21.8. The first-order valence-electron chi connectivity index (χ1n) is 12.7. The summed E-state index contributed by atoms with van der Waals surface area (Å²) < 4.78 is 40.9. The third kappa shape index (κ3) is 5.58. The molecule has 1 N–H and O–H groups in total. The van der Waals surface area contributed by atoms with Gasteiger partial charge in [0.25, 0.3) is 0 Å². The fourth-order valence-corrected chi connectivity index (χ4v) is 7.46. The molecule has 1 aliphatic carbocycles. The minimum atomic E-state index is -2.59. The second-order valence-corrected chi connectivity index (χ2v) is 11.6. The van der Waals surface area contributed by atoms with Crippen LogP contribution in [0.2, 0.25) is 0 Å². The first-order valence-corrected chi connectivity index (χ1v) is 14.5. The van der Waals surface area contributed by atoms with E-state index in [1.54, 1.807) is 12.1 Å². The molecule has 2 atom stereocenters. The number of anilines is 2. The minimum Gasteiger partial charge on any atom is -0.755 e. The lowest BCUT2D eigenvalue weighted by Gasteiger charge is -2.35. The van der Waals surface area contributed by atoms with Gasteiger partial charge in [0.05, 0.1) is 0 Å². The van der Waals surface area contributed by atoms with Gasteiger partial charge in [-0.3, -0.25) is 13.3 Å². The molecule has 0 saturated heterocycles. The van der Waals surface area contributed by atoms with Crippen LogP contribution in [-0.4, -0.2) is 40.3 Å². The van der Waals surface area contributed by atoms with Crippen molar-refractivity contribution in [3.63, 3.8) is 0 Å². The molecular weight excluding hydrogens is 497 g/mol. The van der Waals surface area contributed by atoms with E-state index in [1.807, 2.05) is 30.3 Å². The number of carbonyl (C=O) groups is 1. The van der Waals surface area contributed by atoms with Crippen LogP contribution in [0.1, 0.15) is 44.1 Å². The van der Waals surface area contributed by atoms with Gasteiger partial charge in [-0.1, -0.05) is 50.3 Å². The molecule has 6 nitrogen and oxygen atoms in total. The number of fused-ring (bicyclic) bond motifs is 2. The second-order valence-electron chi connectivity index (χ2n) is 9.72. The molecule has 3 aromatic rings. The SMILES string of the molecule is O=C(NCCN1CCc2cc(F)ccc21)C(CC1CCCCC1)N(c1cc2ccccc2s1)S(=O)[O-]. The fraction of sp³-hybridized carbons (Fsp3) is 0.444. The van der Waals surface area contributed by atoms with Crippen LogP contribution in [0.15, 0.2) is 48.5 Å². The van der Waals surface area contributed by atoms with Gasteiger partial charge in [-0.25, -0.2) is 4.39 Å². The van der Waals surface area contributed by atoms with Crippen molar-refractivity contribution in [1.29, 1.82) is 0 Å². The highest BCUT2D eigenvalue weighted by Gasteiger charge is 2.32. The lowest BCUT2D eigenvalue weighted by atomic mass is 9.84. The van der Waals surface area contributed by atoms with Crippen LogP contribution in [0.25, 0.3) is 10.1 Å². The highest BCUT2D eigenvalue weighted by molar-refractivity contribution is 7.81. The minimum absolute atomic E-state index is 0.235. The average Bonchev–Trinajstić information content (AvgIpc) is 3.47. The maximum atomic E-state index is 13.5. The average molecular weight is 529 g/mol. The maximum absolute atomic E-state index is 13.5. The Morgan fingerprint density at radius 1 is 1.19 bits per heavy atom. The highest BCUT2D eigenvalue weighted by atomic mass is 32.2. The molecular formula is C27H31FN3O3S2-. The summed E-state index contributed by atoms with van der Waals surface area (Å²) in [5.41, 5.74) is 1.98. The third-order valence-electron chi connectivity index (χ3n) is 7.37. The molecule has 0 spiro atoms. The van der Waals surface area contributed by atoms with E-state index in [0.29, 0.717) is 30.4 Å². The number of hydrogen-bond donors (Lipinski definition) is 1. The molecule has 0 radical (unpaired) electrons. The largest absolute Gasteiger partial charge is 0.755 e. The van der Waals surface area contributed by atoms with Gasteiger partial charge < -0.3 is 14.8 Å². The quantitative estimate of drug-likeness (QED) is 0.390. The molecule has 1 aliphatic heterocycles. The molecule has 1 saturated carbocycles. The van der Waals surface area contributed by atoms with Crippen LogP contribution in [0.3, 0.4) is 0 Å². The lowest BCUT2D eigenvalue weighted by molar-refractivity contribution is -0.122. The molecule has 0 bridgehead atoms. The molecule has 1 aromatic heterocycles. The summed E-state index contributed by atoms with van der Waals surface area (Å²) in [7, 11) is 0. The molecule has 192 valence electrons. The van der Waals surface area contributed by atoms with Gasteiger partial charge in [-0.05, 0) is 60.0 Å². The number of nitrogens with one attached hydrogen (secondary N) is 1. The molecule has 36 heavy (non-hydrogen) atoms. The van der Waals surface area contributed by atoms with E-state index in [9.17, 15) is 17.9 Å². The Morgan fingerprint density at radius 3 is 2.78 bits per heavy atom. The van der Waals surface area contributed by atoms with Crippen molar-refractivity contribution in [3.05, 3.63) is 59.9 Å². The summed E-state index contributed by atoms with van der Waals surface area (Å²) in [4.78, 5) is 15.7. The van der Waals surface area contributed by atoms with Gasteiger partial charge >= 0.3 is 0 Å². The van der Waals surface area contributed by atoms with Crippen molar-refractivity contribution in [2.45, 2.75) is 51.0 Å². The summed E-state index contributed by atoms with van der Waals surface area (Å²) in [5.74, 6) is -0.169. The predicted molar refractivity (Wildman–Crippen MR) is 144 cm³/mol. The van der Waals surface area contributed by atoms with E-state index in [1.165, 1.54) is 28.1 Å². The number of thiophene rings is 1. The van der Waals surface area contributed by atoms with Crippen molar-refractivity contribution in [1.82, 2.24) is 5.32 Å². The van der Waals surface area contributed by atoms with E-state index < -0.39 is 17.3 Å². The summed E-state index contributed by atoms with van der Waals surface area (Å²) >= 11 is -1.20. The first-order chi connectivity index (χ1) is 17.5. The summed E-state index contributed by atoms with van der Waals surface area (Å²) in [6.45, 7) is 1.76. The number of amides is 1. The zero-order valence-electron chi connectivity index (χ0n) is 20.2. The number of nitrogens with zero attached hydrogens (tertiary/aromatic N) is 2. The Balaban J connectivity index is 1.32. The van der Waals surface area contributed by atoms with Crippen LogP contribution >= 0.6 is 11.3 Å². The molecule has 2 unspecified atom stereocenters. The van der Waals surface area contributed by atoms with E-state index in [4.69, 9.17) is 0 Å². The van der Waals surface area contributed by atoms with Gasteiger partial charge in [0.2, 0.25) is 5.91 Å². The van der Waals surface area contributed by atoms with Gasteiger partial charge in [-0.15, -0.1) is 11.3 Å². The molecule has 1 amide bonds. The maximum Gasteiger partial charge on any atom is 0.243 e. The van der Waals surface area contributed by atoms with Gasteiger partial charge in [0.15, 0.2) is 0 Å². The molecule has 5 rings (SSSR count). The van der Waals surface area contributed by atoms with Gasteiger partial charge in [0.1, 0.15) is 16.9 Å². The monoisotopic (exact) mass is 528 g/mol. The van der Waals surface area contributed by atoms with E-state index >= 15 is 0 Å². The fourth-order valence-electron chi connectivity index (χ4n) is 5.56. The van der Waals surface area contributed by atoms with Gasteiger partial charge in [0, 0.05) is 41.3 Å². The Labute approximate surface area is 217 Å². The molecule has 1 fully saturated rings. The normalized spacial score (nSPS) is 17.7. The molecule has 9 heteroatoms. The van der Waals surface area contributed by atoms with Crippen molar-refractivity contribution in [2.75, 3.05) is 28.8 Å². The van der Waals surface area contributed by atoms with Crippen LogP contribution in [0, 0.1) is 11.7 Å². The summed E-state index contributed by atoms with van der Waals surface area (Å²) in [6.07, 6.45) is 6.78. The first kappa shape index (κ1) is 25.2. The van der Waals surface area contributed by atoms with Crippen molar-refractivity contribution < 1.29 is 17.9 Å². The number of benzene rings is 2. The van der Waals surface area contributed by atoms with E-state index in [2.05, 4.69) is 10.2 Å². The Morgan fingerprint density at radius 2 is 2.00 bits per heavy atom. The predicted octanol–water partition coefficient (Wildman–Crippen LogP) is 5.16. The van der Waals surface area contributed by atoms with Crippen LogP contribution in [-0.2, 0) is 22.5 Å². The van der Waals surface area contributed by atoms with Crippen LogP contribution in [0.5, 0.6) is 0 Å². The zero-order chi connectivity index (χ0) is 25.1. The van der Waals surface area contributed by atoms with Crippen molar-refractivity contribution >= 4 is 49.3 Å². The Hall–Kier alpha value is -2.49. The van der Waals surface area contributed by atoms with Crippen molar-refractivity contribution in [2.24, 2.45) is 5.92 Å². The Bertz CT molecular complexity index is 1210. The summed E-state index contributed by atoms with van der Waals surface area (Å²) in [5, 5.41) is 4.55. The molecule has 2 heterocycles. The Kier molecular flexibility index (Phi) is 7.88. The van der Waals surface area contributed by atoms with E-state index in [-0.39, 0.29) is 11.7 Å². The van der Waals surface area contributed by atoms with Crippen molar-refractivity contribution in [3.8, 4) is 0 Å². The number of hydrogen-bond acceptors (Lipinski definition) is 5. The number of halogens is 1. The van der Waals surface area contributed by atoms with Crippen LogP contribution < -0.4 is 14.5 Å². The van der Waals surface area contributed by atoms with Gasteiger partial charge in [-0.2, -0.15) is 0 Å². The second kappa shape index (κ2) is 11.3. The number of rotatable bonds is 9. The topological polar surface area (TPSA) is 75.7 Å². The lowest BCUT2D eigenvalue weighted by Crippen LogP contribution is -2.50. The van der Waals surface area contributed by atoms with E-state index in [0.717, 1.165) is 60.0 Å². The smallest absolute Gasteiger partial charge is 0.243 e. The standard InChI is InChI=1S/C27H32FN3O3S2/c28-22-10-11-23-20(17-22)12-14-30(23)15-13-29-27(32)24(16-19-6-2-1-3-7-19)31(36(33)34)26-18-21-8-4-5-9-25(21)35-26/h4-5,8-11,17-19,24H,1-3,6-7,12-16H2,(H,29,32)(H,33,34)/p-1. The number of carbonyl (C=O) groups excluding carboxylic acids is 1. The third-order valence-corrected chi connectivity index (χ3v) is 9.37. The highest BCUT2D eigenvalue weighted by Crippen LogP contribution is 2.37. The molecule has 2 aromatic carbocycles. The molecule has 2 aliphatic rings.